The Kier molecular flexibility index (Phi) is 7.04. The normalized spacial score (nSPS) is 11.3. The molecule has 0 aliphatic carbocycles. The number of aryl methyl sites for hydroxylation is 1. The van der Waals surface area contributed by atoms with Crippen LogP contribution in [0.4, 0.5) is 4.39 Å². The lowest BCUT2D eigenvalue weighted by atomic mass is 10.1. The fraction of sp³-hybridized carbons (Fsp3) is 0.280. The summed E-state index contributed by atoms with van der Waals surface area (Å²) in [6.45, 7) is 6.85. The van der Waals surface area contributed by atoms with Gasteiger partial charge in [-0.2, -0.15) is 4.39 Å². The first-order valence-corrected chi connectivity index (χ1v) is 11.0. The molecule has 8 heteroatoms. The van der Waals surface area contributed by atoms with Gasteiger partial charge in [-0.15, -0.1) is 0 Å². The van der Waals surface area contributed by atoms with Crippen LogP contribution in [-0.4, -0.2) is 58.5 Å². The van der Waals surface area contributed by atoms with E-state index in [0.29, 0.717) is 42.8 Å². The lowest BCUT2D eigenvalue weighted by Crippen LogP contribution is -2.37. The number of aromatic nitrogens is 3. The summed E-state index contributed by atoms with van der Waals surface area (Å²) in [6.07, 6.45) is 1.38. The fourth-order valence-corrected chi connectivity index (χ4v) is 3.60. The molecule has 33 heavy (non-hydrogen) atoms. The van der Waals surface area contributed by atoms with Crippen molar-refractivity contribution in [3.05, 3.63) is 71.8 Å². The molecule has 4 rings (SSSR count). The molecular formula is C25H26FN5O2. The van der Waals surface area contributed by atoms with Gasteiger partial charge in [0.15, 0.2) is 5.75 Å². The Morgan fingerprint density at radius 1 is 1.06 bits per heavy atom. The summed E-state index contributed by atoms with van der Waals surface area (Å²) in [5, 5.41) is 2.97. The van der Waals surface area contributed by atoms with E-state index in [4.69, 9.17) is 4.74 Å². The molecule has 2 aromatic heterocycles. The van der Waals surface area contributed by atoms with Crippen LogP contribution in [0.3, 0.4) is 0 Å². The van der Waals surface area contributed by atoms with Crippen LogP contribution in [0.25, 0.3) is 22.1 Å². The summed E-state index contributed by atoms with van der Waals surface area (Å²) < 4.78 is 19.0. The topological polar surface area (TPSA) is 80.2 Å². The monoisotopic (exact) mass is 447 g/mol. The minimum Gasteiger partial charge on any atom is -0.487 e. The van der Waals surface area contributed by atoms with Crippen LogP contribution in [0.2, 0.25) is 0 Å². The number of carbonyl (C=O) groups excluding carboxylic acids is 1. The largest absolute Gasteiger partial charge is 0.487 e. The van der Waals surface area contributed by atoms with Crippen molar-refractivity contribution in [1.82, 2.24) is 25.2 Å². The molecule has 0 radical (unpaired) electrons. The highest BCUT2D eigenvalue weighted by atomic mass is 19.1. The number of hydrogen-bond acceptors (Lipinski definition) is 6. The summed E-state index contributed by atoms with van der Waals surface area (Å²) in [5.74, 6) is -0.665. The third kappa shape index (κ3) is 5.40. The Bertz CT molecular complexity index is 1280. The van der Waals surface area contributed by atoms with Gasteiger partial charge in [0.2, 0.25) is 0 Å². The molecule has 0 unspecified atom stereocenters. The Balaban J connectivity index is 1.36. The molecular weight excluding hydrogens is 421 g/mol. The number of pyridine rings is 1. The first-order chi connectivity index (χ1) is 16.0. The maximum Gasteiger partial charge on any atom is 0.255 e. The van der Waals surface area contributed by atoms with Gasteiger partial charge in [0, 0.05) is 25.8 Å². The average Bonchev–Trinajstić information content (AvgIpc) is 2.82. The number of ether oxygens (including phenoxy) is 1. The molecule has 2 heterocycles. The van der Waals surface area contributed by atoms with Gasteiger partial charge in [-0.05, 0) is 55.4 Å². The van der Waals surface area contributed by atoms with Crippen molar-refractivity contribution >= 4 is 28.0 Å². The zero-order valence-corrected chi connectivity index (χ0v) is 18.7. The SMILES string of the molecule is CCN(CCNC(=O)c1cccc2nc3cc(C)ccc3nc12)CCOc1cccnc1F. The second-order valence-corrected chi connectivity index (χ2v) is 7.72. The number of para-hydroxylation sites is 1. The van der Waals surface area contributed by atoms with Crippen molar-refractivity contribution in [1.29, 1.82) is 0 Å². The average molecular weight is 448 g/mol. The standard InChI is InChI=1S/C25H26FN5O2/c1-3-31(14-15-33-22-8-5-11-27-24(22)26)13-12-28-25(32)18-6-4-7-20-23(18)30-19-10-9-17(2)16-21(19)29-20/h4-11,16H,3,12-15H2,1-2H3,(H,28,32). The van der Waals surface area contributed by atoms with Crippen LogP contribution in [0, 0.1) is 12.9 Å². The summed E-state index contributed by atoms with van der Waals surface area (Å²) in [6, 6.07) is 14.5. The van der Waals surface area contributed by atoms with Crippen molar-refractivity contribution < 1.29 is 13.9 Å². The zero-order chi connectivity index (χ0) is 23.2. The van der Waals surface area contributed by atoms with Crippen LogP contribution in [0.5, 0.6) is 5.75 Å². The maximum atomic E-state index is 13.6. The van der Waals surface area contributed by atoms with Gasteiger partial charge in [-0.3, -0.25) is 9.69 Å². The minimum atomic E-state index is -0.617. The Morgan fingerprint density at radius 2 is 1.94 bits per heavy atom. The Morgan fingerprint density at radius 3 is 2.76 bits per heavy atom. The van der Waals surface area contributed by atoms with Crippen LogP contribution in [0.15, 0.2) is 54.7 Å². The van der Waals surface area contributed by atoms with Gasteiger partial charge in [0.05, 0.1) is 22.1 Å². The number of amides is 1. The quantitative estimate of drug-likeness (QED) is 0.311. The van der Waals surface area contributed by atoms with Crippen LogP contribution >= 0.6 is 0 Å². The number of rotatable bonds is 9. The Hall–Kier alpha value is -3.65. The molecule has 4 aromatic rings. The first kappa shape index (κ1) is 22.5. The summed E-state index contributed by atoms with van der Waals surface area (Å²) in [5.41, 5.74) is 4.46. The van der Waals surface area contributed by atoms with E-state index in [1.165, 1.54) is 6.20 Å². The number of halogens is 1. The van der Waals surface area contributed by atoms with E-state index in [-0.39, 0.29) is 11.7 Å². The molecule has 0 atom stereocenters. The minimum absolute atomic E-state index is 0.140. The van der Waals surface area contributed by atoms with Gasteiger partial charge >= 0.3 is 0 Å². The highest BCUT2D eigenvalue weighted by Gasteiger charge is 2.13. The van der Waals surface area contributed by atoms with Crippen molar-refractivity contribution in [3.63, 3.8) is 0 Å². The third-order valence-electron chi connectivity index (χ3n) is 5.41. The second kappa shape index (κ2) is 10.3. The van der Waals surface area contributed by atoms with Crippen molar-refractivity contribution in [2.75, 3.05) is 32.8 Å². The number of hydrogen-bond donors (Lipinski definition) is 1. The molecule has 0 saturated heterocycles. The van der Waals surface area contributed by atoms with Gasteiger partial charge in [-0.25, -0.2) is 15.0 Å². The Labute approximate surface area is 191 Å². The second-order valence-electron chi connectivity index (χ2n) is 7.72. The van der Waals surface area contributed by atoms with Gasteiger partial charge in [0.25, 0.3) is 11.9 Å². The number of nitrogens with zero attached hydrogens (tertiary/aromatic N) is 4. The van der Waals surface area contributed by atoms with Crippen molar-refractivity contribution in [2.24, 2.45) is 0 Å². The lowest BCUT2D eigenvalue weighted by molar-refractivity contribution is 0.0949. The van der Waals surface area contributed by atoms with Crippen molar-refractivity contribution in [2.45, 2.75) is 13.8 Å². The predicted octanol–water partition coefficient (Wildman–Crippen LogP) is 3.76. The van der Waals surface area contributed by atoms with Gasteiger partial charge < -0.3 is 10.1 Å². The van der Waals surface area contributed by atoms with Crippen LogP contribution in [0.1, 0.15) is 22.8 Å². The van der Waals surface area contributed by atoms with Gasteiger partial charge in [0.1, 0.15) is 12.1 Å². The molecule has 0 aliphatic rings. The first-order valence-electron chi connectivity index (χ1n) is 11.0. The fourth-order valence-electron chi connectivity index (χ4n) is 3.60. The van der Waals surface area contributed by atoms with Crippen molar-refractivity contribution in [3.8, 4) is 5.75 Å². The molecule has 0 spiro atoms. The van der Waals surface area contributed by atoms with Crippen LogP contribution < -0.4 is 10.1 Å². The smallest absolute Gasteiger partial charge is 0.255 e. The number of nitrogens with one attached hydrogen (secondary N) is 1. The predicted molar refractivity (Wildman–Crippen MR) is 126 cm³/mol. The molecule has 0 bridgehead atoms. The van der Waals surface area contributed by atoms with E-state index in [1.54, 1.807) is 18.2 Å². The molecule has 0 fully saturated rings. The summed E-state index contributed by atoms with van der Waals surface area (Å²) >= 11 is 0. The van der Waals surface area contributed by atoms with E-state index >= 15 is 0 Å². The molecule has 7 nitrogen and oxygen atoms in total. The van der Waals surface area contributed by atoms with E-state index in [1.807, 2.05) is 44.2 Å². The van der Waals surface area contributed by atoms with E-state index in [2.05, 4.69) is 25.2 Å². The van der Waals surface area contributed by atoms with Crippen LogP contribution in [-0.2, 0) is 0 Å². The highest BCUT2D eigenvalue weighted by molar-refractivity contribution is 6.06. The number of fused-ring (bicyclic) bond motifs is 2. The lowest BCUT2D eigenvalue weighted by Gasteiger charge is -2.20. The van der Waals surface area contributed by atoms with Gasteiger partial charge in [-0.1, -0.05) is 19.1 Å². The number of carbonyl (C=O) groups is 1. The molecule has 2 aromatic carbocycles. The van der Waals surface area contributed by atoms with E-state index in [9.17, 15) is 9.18 Å². The molecule has 1 N–H and O–H groups in total. The maximum absolute atomic E-state index is 13.6. The van der Waals surface area contributed by atoms with E-state index in [0.717, 1.165) is 23.1 Å². The third-order valence-corrected chi connectivity index (χ3v) is 5.41. The number of likely N-dealkylation sites (N-methyl/N-ethyl adjacent to an activating group) is 1. The molecule has 170 valence electrons. The zero-order valence-electron chi connectivity index (χ0n) is 18.7. The summed E-state index contributed by atoms with van der Waals surface area (Å²) in [7, 11) is 0. The summed E-state index contributed by atoms with van der Waals surface area (Å²) in [4.78, 5) is 27.9. The molecule has 0 saturated carbocycles. The molecule has 1 amide bonds. The van der Waals surface area contributed by atoms with E-state index < -0.39 is 5.95 Å². The molecule has 0 aliphatic heterocycles. The number of benzene rings is 2. The highest BCUT2D eigenvalue weighted by Crippen LogP contribution is 2.20.